The fourth-order valence-corrected chi connectivity index (χ4v) is 3.43. The van der Waals surface area contributed by atoms with Crippen molar-refractivity contribution in [3.8, 4) is 11.4 Å². The Labute approximate surface area is 132 Å². The van der Waals surface area contributed by atoms with Crippen molar-refractivity contribution in [3.05, 3.63) is 30.2 Å². The number of fused-ring (bicyclic) bond motifs is 1. The van der Waals surface area contributed by atoms with Crippen LogP contribution >= 0.6 is 0 Å². The molecule has 0 unspecified atom stereocenters. The van der Waals surface area contributed by atoms with E-state index in [-0.39, 0.29) is 12.1 Å². The number of amides is 1. The van der Waals surface area contributed by atoms with Crippen LogP contribution in [-0.2, 0) is 4.74 Å². The van der Waals surface area contributed by atoms with Crippen LogP contribution in [0.15, 0.2) is 28.8 Å². The summed E-state index contributed by atoms with van der Waals surface area (Å²) in [6.45, 7) is 1.02. The maximum absolute atomic E-state index is 11.6. The van der Waals surface area contributed by atoms with Crippen LogP contribution < -0.4 is 10.2 Å². The van der Waals surface area contributed by atoms with Gasteiger partial charge in [0.25, 0.3) is 0 Å². The molecule has 0 bridgehead atoms. The maximum Gasteiger partial charge on any atom is 0.414 e. The first-order chi connectivity index (χ1) is 11.3. The van der Waals surface area contributed by atoms with Gasteiger partial charge in [-0.2, -0.15) is 4.98 Å². The molecule has 2 aliphatic heterocycles. The average Bonchev–Trinajstić information content (AvgIpc) is 3.01. The minimum absolute atomic E-state index is 0.193. The Balaban J connectivity index is 1.35. The Morgan fingerprint density at radius 1 is 1.22 bits per heavy atom. The minimum Gasteiger partial charge on any atom is -0.447 e. The molecular weight excluding hydrogens is 296 g/mol. The number of nitrogens with zero attached hydrogens (tertiary/aromatic N) is 3. The third kappa shape index (κ3) is 2.19. The summed E-state index contributed by atoms with van der Waals surface area (Å²) in [7, 11) is 0. The van der Waals surface area contributed by atoms with E-state index in [0.717, 1.165) is 23.6 Å². The molecule has 1 aromatic heterocycles. The van der Waals surface area contributed by atoms with Crippen molar-refractivity contribution in [1.29, 1.82) is 0 Å². The van der Waals surface area contributed by atoms with Crippen LogP contribution in [0.3, 0.4) is 0 Å². The van der Waals surface area contributed by atoms with Gasteiger partial charge in [-0.05, 0) is 43.0 Å². The number of aromatic nitrogens is 2. The summed E-state index contributed by atoms with van der Waals surface area (Å²) in [5, 5.41) is 7.59. The summed E-state index contributed by atoms with van der Waals surface area (Å²) in [6.07, 6.45) is 2.06. The molecule has 1 aliphatic carbocycles. The van der Waals surface area contributed by atoms with Crippen molar-refractivity contribution >= 4 is 11.8 Å². The van der Waals surface area contributed by atoms with Crippen molar-refractivity contribution in [2.75, 3.05) is 18.1 Å². The van der Waals surface area contributed by atoms with E-state index in [1.807, 2.05) is 24.3 Å². The van der Waals surface area contributed by atoms with Crippen molar-refractivity contribution in [2.24, 2.45) is 5.92 Å². The molecule has 0 spiro atoms. The second-order valence-corrected chi connectivity index (χ2v) is 6.33. The number of rotatable bonds is 3. The Morgan fingerprint density at radius 2 is 2.09 bits per heavy atom. The number of anilines is 1. The van der Waals surface area contributed by atoms with Crippen LogP contribution in [0.25, 0.3) is 11.4 Å². The summed E-state index contributed by atoms with van der Waals surface area (Å²) in [5.74, 6) is 2.03. The number of carbonyl (C=O) groups excluding carboxylic acids is 1. The third-order valence-electron chi connectivity index (χ3n) is 4.81. The van der Waals surface area contributed by atoms with Gasteiger partial charge in [0.1, 0.15) is 6.61 Å². The number of ether oxygens (including phenoxy) is 1. The molecule has 1 N–H and O–H groups in total. The molecule has 3 atom stereocenters. The van der Waals surface area contributed by atoms with E-state index in [2.05, 4.69) is 15.5 Å². The third-order valence-corrected chi connectivity index (χ3v) is 4.81. The number of nitrogens with one attached hydrogen (secondary N) is 1. The summed E-state index contributed by atoms with van der Waals surface area (Å²) in [6, 6.07) is 8.39. The second kappa shape index (κ2) is 4.79. The number of benzene rings is 1. The first kappa shape index (κ1) is 13.1. The lowest BCUT2D eigenvalue weighted by atomic mass is 10.1. The van der Waals surface area contributed by atoms with Gasteiger partial charge in [0.05, 0.1) is 12.6 Å². The highest BCUT2D eigenvalue weighted by Crippen LogP contribution is 2.45. The van der Waals surface area contributed by atoms with Crippen molar-refractivity contribution in [3.63, 3.8) is 0 Å². The van der Waals surface area contributed by atoms with Gasteiger partial charge in [-0.15, -0.1) is 0 Å². The highest BCUT2D eigenvalue weighted by atomic mass is 16.6. The first-order valence-electron chi connectivity index (χ1n) is 7.92. The molecule has 3 fully saturated rings. The molecule has 7 nitrogen and oxygen atoms in total. The monoisotopic (exact) mass is 312 g/mol. The molecule has 3 heterocycles. The highest BCUT2D eigenvalue weighted by molar-refractivity contribution is 5.89. The zero-order valence-electron chi connectivity index (χ0n) is 12.4. The fourth-order valence-electron chi connectivity index (χ4n) is 3.43. The Hall–Kier alpha value is -2.41. The van der Waals surface area contributed by atoms with Gasteiger partial charge >= 0.3 is 6.09 Å². The molecule has 5 rings (SSSR count). The normalized spacial score (nSPS) is 28.8. The van der Waals surface area contributed by atoms with Crippen LogP contribution in [0.1, 0.15) is 24.8 Å². The van der Waals surface area contributed by atoms with E-state index >= 15 is 0 Å². The van der Waals surface area contributed by atoms with Gasteiger partial charge in [-0.25, -0.2) is 4.79 Å². The lowest BCUT2D eigenvalue weighted by Crippen LogP contribution is -2.23. The van der Waals surface area contributed by atoms with E-state index in [0.29, 0.717) is 30.9 Å². The number of cyclic esters (lactones) is 1. The van der Waals surface area contributed by atoms with Gasteiger partial charge in [0.15, 0.2) is 0 Å². The second-order valence-electron chi connectivity index (χ2n) is 6.33. The van der Waals surface area contributed by atoms with Gasteiger partial charge in [-0.3, -0.25) is 4.90 Å². The van der Waals surface area contributed by atoms with E-state index in [1.165, 1.54) is 6.42 Å². The van der Waals surface area contributed by atoms with E-state index in [4.69, 9.17) is 9.26 Å². The van der Waals surface area contributed by atoms with Crippen molar-refractivity contribution in [1.82, 2.24) is 15.5 Å². The predicted octanol–water partition coefficient (Wildman–Crippen LogP) is 2.12. The molecular formula is C16H16N4O3. The lowest BCUT2D eigenvalue weighted by Gasteiger charge is -2.12. The van der Waals surface area contributed by atoms with Gasteiger partial charge < -0.3 is 14.6 Å². The van der Waals surface area contributed by atoms with Crippen LogP contribution in [0.2, 0.25) is 0 Å². The zero-order valence-corrected chi connectivity index (χ0v) is 12.4. The summed E-state index contributed by atoms with van der Waals surface area (Å²) < 4.78 is 10.4. The average molecular weight is 312 g/mol. The number of carbonyl (C=O) groups is 1. The quantitative estimate of drug-likeness (QED) is 0.935. The maximum atomic E-state index is 11.6. The molecule has 1 amide bonds. The molecule has 0 radical (unpaired) electrons. The van der Waals surface area contributed by atoms with Crippen molar-refractivity contribution < 1.29 is 14.1 Å². The Kier molecular flexibility index (Phi) is 2.72. The standard InChI is InChI=1S/C16H16N4O3/c21-16-20(5-6-22-16)11-3-1-9(2-4-11)14-18-15(23-19-14)13-8-10-7-12(10)17-13/h1-4,10,12-13,17H,5-8H2/t10-,12-,13-/m0/s1. The zero-order chi connectivity index (χ0) is 15.4. The van der Waals surface area contributed by atoms with Crippen LogP contribution in [0, 0.1) is 5.92 Å². The number of piperidine rings is 1. The number of hydrogen-bond acceptors (Lipinski definition) is 6. The first-order valence-corrected chi connectivity index (χ1v) is 7.92. The summed E-state index contributed by atoms with van der Waals surface area (Å²) >= 11 is 0. The summed E-state index contributed by atoms with van der Waals surface area (Å²) in [4.78, 5) is 17.7. The molecule has 3 aliphatic rings. The molecule has 118 valence electrons. The highest BCUT2D eigenvalue weighted by Gasteiger charge is 2.47. The predicted molar refractivity (Wildman–Crippen MR) is 80.8 cm³/mol. The lowest BCUT2D eigenvalue weighted by molar-refractivity contribution is 0.181. The Morgan fingerprint density at radius 3 is 2.78 bits per heavy atom. The minimum atomic E-state index is -0.300. The van der Waals surface area contributed by atoms with Crippen molar-refractivity contribution in [2.45, 2.75) is 24.9 Å². The number of hydrogen-bond donors (Lipinski definition) is 1. The smallest absolute Gasteiger partial charge is 0.414 e. The van der Waals surface area contributed by atoms with E-state index in [1.54, 1.807) is 4.90 Å². The van der Waals surface area contributed by atoms with E-state index in [9.17, 15) is 4.79 Å². The SMILES string of the molecule is O=C1OCCN1c1ccc(-c2noc([C@@H]3C[C@@H]4C[C@@H]4N3)n2)cc1. The van der Waals surface area contributed by atoms with Gasteiger partial charge in [0, 0.05) is 17.3 Å². The van der Waals surface area contributed by atoms with Crippen LogP contribution in [-0.4, -0.2) is 35.4 Å². The van der Waals surface area contributed by atoms with Gasteiger partial charge in [-0.1, -0.05) is 5.16 Å². The molecule has 2 aromatic rings. The topological polar surface area (TPSA) is 80.5 Å². The molecule has 23 heavy (non-hydrogen) atoms. The Bertz CT molecular complexity index is 747. The van der Waals surface area contributed by atoms with Crippen LogP contribution in [0.4, 0.5) is 10.5 Å². The van der Waals surface area contributed by atoms with E-state index < -0.39 is 0 Å². The fraction of sp³-hybridized carbons (Fsp3) is 0.438. The van der Waals surface area contributed by atoms with Crippen LogP contribution in [0.5, 0.6) is 0 Å². The molecule has 1 saturated carbocycles. The molecule has 1 aromatic carbocycles. The largest absolute Gasteiger partial charge is 0.447 e. The van der Waals surface area contributed by atoms with Gasteiger partial charge in [0.2, 0.25) is 11.7 Å². The molecule has 2 saturated heterocycles. The molecule has 7 heteroatoms. The summed E-state index contributed by atoms with van der Waals surface area (Å²) in [5.41, 5.74) is 1.69.